The van der Waals surface area contributed by atoms with E-state index < -0.39 is 16.1 Å². The van der Waals surface area contributed by atoms with Gasteiger partial charge in [-0.3, -0.25) is 4.79 Å². The van der Waals surface area contributed by atoms with Crippen molar-refractivity contribution in [3.63, 3.8) is 0 Å². The second-order valence-corrected chi connectivity index (χ2v) is 7.98. The van der Waals surface area contributed by atoms with E-state index in [1.807, 2.05) is 6.07 Å². The highest BCUT2D eigenvalue weighted by Crippen LogP contribution is 2.22. The Bertz CT molecular complexity index is 1150. The first kappa shape index (κ1) is 21.8. The van der Waals surface area contributed by atoms with E-state index in [0.717, 1.165) is 0 Å². The van der Waals surface area contributed by atoms with Crippen LogP contribution in [0.25, 0.3) is 0 Å². The van der Waals surface area contributed by atoms with Crippen LogP contribution in [0, 0.1) is 0 Å². The third-order valence-electron chi connectivity index (χ3n) is 4.10. The molecular weight excluding hydrogens is 418 g/mol. The lowest BCUT2D eigenvalue weighted by Gasteiger charge is -2.10. The fourth-order valence-corrected chi connectivity index (χ4v) is 3.47. The average Bonchev–Trinajstić information content (AvgIpc) is 2.76. The van der Waals surface area contributed by atoms with Crippen LogP contribution < -0.4 is 20.1 Å². The molecule has 3 N–H and O–H groups in total. The van der Waals surface area contributed by atoms with Gasteiger partial charge in [0.05, 0.1) is 0 Å². The zero-order valence-corrected chi connectivity index (χ0v) is 17.5. The first-order valence-corrected chi connectivity index (χ1v) is 10.8. The SMILES string of the molecule is CCC(=O)Nc1ccc(S(=O)(=O)Oc2ccc(NC(=O)Nc3ccccc3)cc2)cc1. The highest BCUT2D eigenvalue weighted by molar-refractivity contribution is 7.87. The molecule has 3 rings (SSSR count). The lowest BCUT2D eigenvalue weighted by atomic mass is 10.3. The van der Waals surface area contributed by atoms with Crippen molar-refractivity contribution >= 4 is 39.1 Å². The Labute approximate surface area is 180 Å². The van der Waals surface area contributed by atoms with Crippen LogP contribution in [0.4, 0.5) is 21.9 Å². The van der Waals surface area contributed by atoms with Crippen molar-refractivity contribution in [1.29, 1.82) is 0 Å². The molecule has 0 radical (unpaired) electrons. The number of para-hydroxylation sites is 1. The maximum Gasteiger partial charge on any atom is 0.339 e. The number of urea groups is 1. The van der Waals surface area contributed by atoms with E-state index in [1.165, 1.54) is 48.5 Å². The van der Waals surface area contributed by atoms with E-state index in [0.29, 0.717) is 23.5 Å². The molecule has 0 saturated carbocycles. The molecule has 0 aliphatic rings. The van der Waals surface area contributed by atoms with Crippen molar-refractivity contribution in [2.45, 2.75) is 18.2 Å². The Hall–Kier alpha value is -3.85. The first-order valence-electron chi connectivity index (χ1n) is 9.43. The van der Waals surface area contributed by atoms with Crippen LogP contribution >= 0.6 is 0 Å². The van der Waals surface area contributed by atoms with Crippen LogP contribution in [-0.4, -0.2) is 20.4 Å². The number of nitrogens with one attached hydrogen (secondary N) is 3. The van der Waals surface area contributed by atoms with Gasteiger partial charge in [-0.1, -0.05) is 25.1 Å². The third-order valence-corrected chi connectivity index (χ3v) is 5.36. The molecule has 3 aromatic rings. The summed E-state index contributed by atoms with van der Waals surface area (Å²) in [4.78, 5) is 23.4. The lowest BCUT2D eigenvalue weighted by Crippen LogP contribution is -2.19. The number of benzene rings is 3. The second-order valence-electron chi connectivity index (χ2n) is 6.43. The van der Waals surface area contributed by atoms with Gasteiger partial charge in [0.25, 0.3) is 0 Å². The van der Waals surface area contributed by atoms with Crippen LogP contribution in [0.15, 0.2) is 83.8 Å². The standard InChI is InChI=1S/C22H21N3O5S/c1-2-21(26)23-17-10-14-20(15-11-17)31(28,29)30-19-12-8-18(9-13-19)25-22(27)24-16-6-4-3-5-7-16/h3-15H,2H2,1H3,(H,23,26)(H2,24,25,27). The molecule has 0 saturated heterocycles. The minimum atomic E-state index is -4.05. The summed E-state index contributed by atoms with van der Waals surface area (Å²) in [5, 5.41) is 7.97. The van der Waals surface area contributed by atoms with Crippen LogP contribution in [-0.2, 0) is 14.9 Å². The Balaban J connectivity index is 1.60. The van der Waals surface area contributed by atoms with Crippen molar-refractivity contribution in [3.05, 3.63) is 78.9 Å². The molecule has 0 fully saturated rings. The summed E-state index contributed by atoms with van der Waals surface area (Å²) >= 11 is 0. The maximum atomic E-state index is 12.5. The Morgan fingerprint density at radius 1 is 0.742 bits per heavy atom. The van der Waals surface area contributed by atoms with Crippen LogP contribution in [0.2, 0.25) is 0 Å². The summed E-state index contributed by atoms with van der Waals surface area (Å²) in [5.41, 5.74) is 1.61. The number of rotatable bonds is 7. The predicted molar refractivity (Wildman–Crippen MR) is 119 cm³/mol. The largest absolute Gasteiger partial charge is 0.379 e. The molecule has 0 bridgehead atoms. The zero-order chi connectivity index (χ0) is 22.3. The molecule has 0 atom stereocenters. The predicted octanol–water partition coefficient (Wildman–Crippen LogP) is 4.45. The molecule has 0 spiro atoms. The van der Waals surface area contributed by atoms with E-state index >= 15 is 0 Å². The normalized spacial score (nSPS) is 10.7. The fraction of sp³-hybridized carbons (Fsp3) is 0.0909. The van der Waals surface area contributed by atoms with Gasteiger partial charge in [-0.2, -0.15) is 8.42 Å². The molecule has 3 aromatic carbocycles. The molecule has 0 heterocycles. The van der Waals surface area contributed by atoms with Gasteiger partial charge in [-0.25, -0.2) is 4.79 Å². The zero-order valence-electron chi connectivity index (χ0n) is 16.7. The van der Waals surface area contributed by atoms with Crippen molar-refractivity contribution < 1.29 is 22.2 Å². The molecule has 0 aliphatic heterocycles. The summed E-state index contributed by atoms with van der Waals surface area (Å²) < 4.78 is 30.1. The second kappa shape index (κ2) is 9.77. The number of anilines is 3. The molecule has 9 heteroatoms. The molecule has 160 valence electrons. The highest BCUT2D eigenvalue weighted by atomic mass is 32.2. The van der Waals surface area contributed by atoms with Crippen molar-refractivity contribution in [2.24, 2.45) is 0 Å². The summed E-state index contributed by atoms with van der Waals surface area (Å²) in [6.45, 7) is 1.72. The fourth-order valence-electron chi connectivity index (χ4n) is 2.54. The van der Waals surface area contributed by atoms with Crippen molar-refractivity contribution in [1.82, 2.24) is 0 Å². The Morgan fingerprint density at radius 2 is 1.26 bits per heavy atom. The first-order chi connectivity index (χ1) is 14.9. The van der Waals surface area contributed by atoms with E-state index in [4.69, 9.17) is 4.18 Å². The molecule has 3 amide bonds. The summed E-state index contributed by atoms with van der Waals surface area (Å²) in [7, 11) is -4.05. The van der Waals surface area contributed by atoms with Gasteiger partial charge in [0.15, 0.2) is 0 Å². The van der Waals surface area contributed by atoms with Gasteiger partial charge in [0.1, 0.15) is 10.6 Å². The minimum Gasteiger partial charge on any atom is -0.379 e. The van der Waals surface area contributed by atoms with Crippen molar-refractivity contribution in [2.75, 3.05) is 16.0 Å². The van der Waals surface area contributed by atoms with Gasteiger partial charge < -0.3 is 20.1 Å². The molecule has 0 aromatic heterocycles. The molecular formula is C22H21N3O5S. The molecule has 8 nitrogen and oxygen atoms in total. The molecule has 0 aliphatic carbocycles. The van der Waals surface area contributed by atoms with E-state index in [-0.39, 0.29) is 16.6 Å². The number of carbonyl (C=O) groups is 2. The summed E-state index contributed by atoms with van der Waals surface area (Å²) in [6.07, 6.45) is 0.321. The highest BCUT2D eigenvalue weighted by Gasteiger charge is 2.17. The summed E-state index contributed by atoms with van der Waals surface area (Å²) in [5.74, 6) is -0.0737. The van der Waals surface area contributed by atoms with E-state index in [9.17, 15) is 18.0 Å². The monoisotopic (exact) mass is 439 g/mol. The average molecular weight is 439 g/mol. The van der Waals surface area contributed by atoms with Gasteiger partial charge >= 0.3 is 16.1 Å². The Morgan fingerprint density at radius 3 is 1.84 bits per heavy atom. The van der Waals surface area contributed by atoms with Gasteiger partial charge in [0, 0.05) is 23.5 Å². The molecule has 0 unspecified atom stereocenters. The topological polar surface area (TPSA) is 114 Å². The van der Waals surface area contributed by atoms with Gasteiger partial charge in [-0.15, -0.1) is 0 Å². The van der Waals surface area contributed by atoms with Crippen LogP contribution in [0.5, 0.6) is 5.75 Å². The van der Waals surface area contributed by atoms with Gasteiger partial charge in [0.2, 0.25) is 5.91 Å². The Kier molecular flexibility index (Phi) is 6.88. The van der Waals surface area contributed by atoms with Crippen LogP contribution in [0.3, 0.4) is 0 Å². The quantitative estimate of drug-likeness (QED) is 0.471. The van der Waals surface area contributed by atoms with E-state index in [1.54, 1.807) is 31.2 Å². The van der Waals surface area contributed by atoms with Gasteiger partial charge in [-0.05, 0) is 60.7 Å². The minimum absolute atomic E-state index is 0.0496. The maximum absolute atomic E-state index is 12.5. The third kappa shape index (κ3) is 6.31. The number of hydrogen-bond donors (Lipinski definition) is 3. The lowest BCUT2D eigenvalue weighted by molar-refractivity contribution is -0.115. The number of amides is 3. The molecule has 31 heavy (non-hydrogen) atoms. The number of carbonyl (C=O) groups excluding carboxylic acids is 2. The summed E-state index contributed by atoms with van der Waals surface area (Å²) in [6, 6.07) is 20.1. The smallest absolute Gasteiger partial charge is 0.339 e. The van der Waals surface area contributed by atoms with Crippen molar-refractivity contribution in [3.8, 4) is 5.75 Å². The van der Waals surface area contributed by atoms with E-state index in [2.05, 4.69) is 16.0 Å². The van der Waals surface area contributed by atoms with Crippen LogP contribution in [0.1, 0.15) is 13.3 Å². The number of hydrogen-bond acceptors (Lipinski definition) is 5.